The van der Waals surface area contributed by atoms with Gasteiger partial charge in [-0.2, -0.15) is 0 Å². The highest BCUT2D eigenvalue weighted by Gasteiger charge is 2.28. The molecule has 1 aromatic heterocycles. The van der Waals surface area contributed by atoms with Crippen molar-refractivity contribution in [2.24, 2.45) is 0 Å². The van der Waals surface area contributed by atoms with Crippen LogP contribution in [0.2, 0.25) is 10.0 Å². The van der Waals surface area contributed by atoms with Crippen LogP contribution in [0.3, 0.4) is 0 Å². The number of halogens is 3. The van der Waals surface area contributed by atoms with E-state index in [1.54, 1.807) is 30.3 Å². The minimum Gasteiger partial charge on any atom is -0.368 e. The lowest BCUT2D eigenvalue weighted by atomic mass is 10.1. The third-order valence-corrected chi connectivity index (χ3v) is 7.59. The Kier molecular flexibility index (Phi) is 7.12. The Morgan fingerprint density at radius 3 is 2.51 bits per heavy atom. The monoisotopic (exact) mass is 539 g/mol. The Morgan fingerprint density at radius 1 is 1.05 bits per heavy atom. The molecule has 5 rings (SSSR count). The van der Waals surface area contributed by atoms with Crippen LogP contribution in [0.1, 0.15) is 31.1 Å². The van der Waals surface area contributed by atoms with Crippen LogP contribution in [-0.2, 0) is 0 Å². The maximum atomic E-state index is 13.6. The molecule has 1 fully saturated rings. The van der Waals surface area contributed by atoms with Gasteiger partial charge in [-0.1, -0.05) is 30.1 Å². The van der Waals surface area contributed by atoms with Gasteiger partial charge in [-0.3, -0.25) is 9.69 Å². The molecule has 3 aromatic carbocycles. The standard InChI is InChI=1S/C28H28Cl2FN5O/c1-4-36-16(2)14-35(15-17(36)3)20-7-8-21(24(30)13-20)28(37)32-19-6-9-23(29)22(12-19)27-33-25-10-5-18(31)11-26(25)34-27/h5-13,16-17H,4,14-15H2,1-3H3,(H,32,37)(H,33,34)/t16-,17?/m0/s1. The van der Waals surface area contributed by atoms with Gasteiger partial charge in [0.2, 0.25) is 0 Å². The molecule has 192 valence electrons. The van der Waals surface area contributed by atoms with Gasteiger partial charge < -0.3 is 15.2 Å². The molecule has 1 amide bonds. The average molecular weight is 540 g/mol. The molecule has 2 N–H and O–H groups in total. The van der Waals surface area contributed by atoms with Crippen molar-refractivity contribution in [3.63, 3.8) is 0 Å². The lowest BCUT2D eigenvalue weighted by molar-refractivity contribution is 0.102. The Labute approximate surface area is 225 Å². The molecule has 1 unspecified atom stereocenters. The second kappa shape index (κ2) is 10.3. The van der Waals surface area contributed by atoms with E-state index >= 15 is 0 Å². The number of aromatic nitrogens is 2. The van der Waals surface area contributed by atoms with E-state index in [1.165, 1.54) is 12.1 Å². The van der Waals surface area contributed by atoms with Crippen molar-refractivity contribution in [2.75, 3.05) is 29.9 Å². The number of H-pyrrole nitrogens is 1. The lowest BCUT2D eigenvalue weighted by Gasteiger charge is -2.45. The van der Waals surface area contributed by atoms with Crippen molar-refractivity contribution in [3.05, 3.63) is 76.0 Å². The van der Waals surface area contributed by atoms with E-state index in [1.807, 2.05) is 12.1 Å². The number of fused-ring (bicyclic) bond motifs is 1. The van der Waals surface area contributed by atoms with Crippen LogP contribution in [0.25, 0.3) is 22.4 Å². The molecular formula is C28H28Cl2FN5O. The fourth-order valence-electron chi connectivity index (χ4n) is 5.17. The summed E-state index contributed by atoms with van der Waals surface area (Å²) in [7, 11) is 0. The molecule has 6 nitrogen and oxygen atoms in total. The molecule has 2 atom stereocenters. The van der Waals surface area contributed by atoms with Crippen LogP contribution < -0.4 is 10.2 Å². The highest BCUT2D eigenvalue weighted by Crippen LogP contribution is 2.32. The fourth-order valence-corrected chi connectivity index (χ4v) is 5.64. The number of amides is 1. The first kappa shape index (κ1) is 25.5. The topological polar surface area (TPSA) is 64.3 Å². The van der Waals surface area contributed by atoms with Gasteiger partial charge in [-0.05, 0) is 75.0 Å². The van der Waals surface area contributed by atoms with Crippen molar-refractivity contribution in [1.29, 1.82) is 0 Å². The van der Waals surface area contributed by atoms with Gasteiger partial charge >= 0.3 is 0 Å². The molecule has 0 bridgehead atoms. The van der Waals surface area contributed by atoms with E-state index in [2.05, 4.69) is 45.9 Å². The van der Waals surface area contributed by atoms with E-state index in [0.717, 1.165) is 25.3 Å². The SMILES string of the molecule is CCN1C(C)CN(c2ccc(C(=O)Nc3ccc(Cl)c(-c4nc5ccc(F)cc5[nH]4)c3)c(Cl)c2)C[C@@H]1C. The van der Waals surface area contributed by atoms with Gasteiger partial charge in [0.25, 0.3) is 5.91 Å². The summed E-state index contributed by atoms with van der Waals surface area (Å²) in [6, 6.07) is 15.9. The zero-order valence-electron chi connectivity index (χ0n) is 20.9. The average Bonchev–Trinajstić information content (AvgIpc) is 3.27. The van der Waals surface area contributed by atoms with Crippen LogP contribution in [-0.4, -0.2) is 52.5 Å². The number of rotatable bonds is 5. The number of aromatic amines is 1. The Morgan fingerprint density at radius 2 is 1.81 bits per heavy atom. The minimum absolute atomic E-state index is 0.325. The number of carbonyl (C=O) groups excluding carboxylic acids is 1. The van der Waals surface area contributed by atoms with Gasteiger partial charge in [-0.15, -0.1) is 0 Å². The second-order valence-electron chi connectivity index (χ2n) is 9.49. The van der Waals surface area contributed by atoms with Crippen LogP contribution in [0, 0.1) is 5.82 Å². The van der Waals surface area contributed by atoms with E-state index < -0.39 is 0 Å². The molecule has 0 radical (unpaired) electrons. The number of benzene rings is 3. The van der Waals surface area contributed by atoms with Crippen LogP contribution in [0.5, 0.6) is 0 Å². The zero-order valence-corrected chi connectivity index (χ0v) is 22.4. The largest absolute Gasteiger partial charge is 0.368 e. The number of nitrogens with one attached hydrogen (secondary N) is 2. The summed E-state index contributed by atoms with van der Waals surface area (Å²) in [6.07, 6.45) is 0. The minimum atomic E-state index is -0.357. The highest BCUT2D eigenvalue weighted by molar-refractivity contribution is 6.35. The third kappa shape index (κ3) is 5.17. The predicted molar refractivity (Wildman–Crippen MR) is 149 cm³/mol. The summed E-state index contributed by atoms with van der Waals surface area (Å²) in [4.78, 5) is 25.5. The molecule has 1 saturated heterocycles. The van der Waals surface area contributed by atoms with Crippen LogP contribution in [0.15, 0.2) is 54.6 Å². The number of hydrogen-bond donors (Lipinski definition) is 2. The van der Waals surface area contributed by atoms with Crippen molar-refractivity contribution in [2.45, 2.75) is 32.9 Å². The van der Waals surface area contributed by atoms with Gasteiger partial charge in [-0.25, -0.2) is 9.37 Å². The maximum absolute atomic E-state index is 13.6. The molecule has 0 aliphatic carbocycles. The number of carbonyl (C=O) groups is 1. The van der Waals surface area contributed by atoms with E-state index in [-0.39, 0.29) is 11.7 Å². The first-order valence-corrected chi connectivity index (χ1v) is 13.1. The normalized spacial score (nSPS) is 18.4. The summed E-state index contributed by atoms with van der Waals surface area (Å²) in [6.45, 7) is 9.50. The molecule has 9 heteroatoms. The van der Waals surface area contributed by atoms with Crippen LogP contribution >= 0.6 is 23.2 Å². The summed E-state index contributed by atoms with van der Waals surface area (Å²) in [5, 5.41) is 3.74. The number of likely N-dealkylation sites (N-methyl/N-ethyl adjacent to an activating group) is 1. The molecule has 0 saturated carbocycles. The van der Waals surface area contributed by atoms with Crippen molar-refractivity contribution < 1.29 is 9.18 Å². The Hall–Kier alpha value is -3.13. The van der Waals surface area contributed by atoms with Gasteiger partial charge in [0.05, 0.1) is 26.6 Å². The summed E-state index contributed by atoms with van der Waals surface area (Å²) >= 11 is 13.0. The number of anilines is 2. The highest BCUT2D eigenvalue weighted by atomic mass is 35.5. The summed E-state index contributed by atoms with van der Waals surface area (Å²) in [5.74, 6) is -0.199. The maximum Gasteiger partial charge on any atom is 0.257 e. The van der Waals surface area contributed by atoms with E-state index in [0.29, 0.717) is 55.8 Å². The van der Waals surface area contributed by atoms with Gasteiger partial charge in [0, 0.05) is 42.1 Å². The molecule has 37 heavy (non-hydrogen) atoms. The van der Waals surface area contributed by atoms with E-state index in [4.69, 9.17) is 23.2 Å². The molecule has 1 aliphatic heterocycles. The third-order valence-electron chi connectivity index (χ3n) is 6.95. The Bertz CT molecular complexity index is 1460. The quantitative estimate of drug-likeness (QED) is 0.291. The number of nitrogens with zero attached hydrogens (tertiary/aromatic N) is 3. The van der Waals surface area contributed by atoms with Crippen molar-refractivity contribution >= 4 is 51.5 Å². The number of piperazine rings is 1. The van der Waals surface area contributed by atoms with Gasteiger partial charge in [0.1, 0.15) is 11.6 Å². The smallest absolute Gasteiger partial charge is 0.257 e. The van der Waals surface area contributed by atoms with E-state index in [9.17, 15) is 9.18 Å². The molecule has 4 aromatic rings. The van der Waals surface area contributed by atoms with Crippen molar-refractivity contribution in [1.82, 2.24) is 14.9 Å². The Balaban J connectivity index is 1.35. The van der Waals surface area contributed by atoms with Crippen LogP contribution in [0.4, 0.5) is 15.8 Å². The predicted octanol–water partition coefficient (Wildman–Crippen LogP) is 6.85. The number of imidazole rings is 1. The molecule has 1 aliphatic rings. The molecule has 0 spiro atoms. The molecular weight excluding hydrogens is 512 g/mol. The summed E-state index contributed by atoms with van der Waals surface area (Å²) in [5.41, 5.74) is 3.70. The molecule has 2 heterocycles. The first-order valence-electron chi connectivity index (χ1n) is 12.3. The first-order chi connectivity index (χ1) is 17.7. The fraction of sp³-hybridized carbons (Fsp3) is 0.286. The lowest BCUT2D eigenvalue weighted by Crippen LogP contribution is -2.56. The zero-order chi connectivity index (χ0) is 26.3. The summed E-state index contributed by atoms with van der Waals surface area (Å²) < 4.78 is 13.6. The second-order valence-corrected chi connectivity index (χ2v) is 10.3. The number of hydrogen-bond acceptors (Lipinski definition) is 4. The van der Waals surface area contributed by atoms with Crippen molar-refractivity contribution in [3.8, 4) is 11.4 Å². The van der Waals surface area contributed by atoms with Gasteiger partial charge in [0.15, 0.2) is 0 Å².